The molecule has 0 aliphatic carbocycles. The van der Waals surface area contributed by atoms with Gasteiger partial charge in [-0.2, -0.15) is 0 Å². The first kappa shape index (κ1) is 30.4. The van der Waals surface area contributed by atoms with Gasteiger partial charge in [0.05, 0.1) is 28.5 Å². The van der Waals surface area contributed by atoms with Gasteiger partial charge in [-0.05, 0) is 80.4 Å². The van der Waals surface area contributed by atoms with Crippen LogP contribution in [-0.2, 0) is 9.53 Å². The Morgan fingerprint density at radius 3 is 2.36 bits per heavy atom. The molecule has 3 aromatic carbocycles. The molecule has 1 aliphatic heterocycles. The number of benzene rings is 3. The van der Waals surface area contributed by atoms with E-state index < -0.39 is 12.0 Å². The fourth-order valence-corrected chi connectivity index (χ4v) is 6.89. The number of nitrogens with zero attached hydrogens (tertiary/aromatic N) is 4. The van der Waals surface area contributed by atoms with Crippen molar-refractivity contribution in [2.45, 2.75) is 26.8 Å². The van der Waals surface area contributed by atoms with E-state index in [4.69, 9.17) is 21.3 Å². The van der Waals surface area contributed by atoms with Crippen LogP contribution in [0.15, 0.2) is 100 Å². The molecule has 7 nitrogen and oxygen atoms in total. The van der Waals surface area contributed by atoms with E-state index in [1.807, 2.05) is 62.6 Å². The third-order valence-corrected chi connectivity index (χ3v) is 9.18. The number of ether oxygens (including phenoxy) is 1. The van der Waals surface area contributed by atoms with Crippen molar-refractivity contribution in [2.75, 3.05) is 25.6 Å². The van der Waals surface area contributed by atoms with Crippen molar-refractivity contribution >= 4 is 46.4 Å². The van der Waals surface area contributed by atoms with Crippen LogP contribution in [0.25, 0.3) is 17.5 Å². The smallest absolute Gasteiger partial charge is 0.338 e. The van der Waals surface area contributed by atoms with E-state index in [-0.39, 0.29) is 12.2 Å². The predicted octanol–water partition coefficient (Wildman–Crippen LogP) is 6.06. The fourth-order valence-electron chi connectivity index (χ4n) is 5.77. The van der Waals surface area contributed by atoms with Gasteiger partial charge < -0.3 is 14.2 Å². The lowest BCUT2D eigenvalue weighted by molar-refractivity contribution is -0.138. The zero-order valence-corrected chi connectivity index (χ0v) is 27.3. The van der Waals surface area contributed by atoms with Crippen LogP contribution in [0.2, 0.25) is 5.02 Å². The van der Waals surface area contributed by atoms with Gasteiger partial charge in [-0.25, -0.2) is 9.79 Å². The quantitative estimate of drug-likeness (QED) is 0.204. The van der Waals surface area contributed by atoms with Gasteiger partial charge in [-0.1, -0.05) is 65.4 Å². The minimum atomic E-state index is -0.752. The molecule has 1 atom stereocenters. The van der Waals surface area contributed by atoms with Crippen molar-refractivity contribution in [3.8, 4) is 5.69 Å². The average molecular weight is 637 g/mol. The molecule has 9 heteroatoms. The number of thiazole rings is 1. The van der Waals surface area contributed by atoms with Crippen LogP contribution in [0, 0.1) is 13.8 Å². The van der Waals surface area contributed by atoms with E-state index in [1.165, 1.54) is 11.3 Å². The Morgan fingerprint density at radius 1 is 1.02 bits per heavy atom. The number of anilines is 1. The van der Waals surface area contributed by atoms with Crippen LogP contribution < -0.4 is 19.8 Å². The third kappa shape index (κ3) is 5.67. The highest BCUT2D eigenvalue weighted by Gasteiger charge is 2.35. The molecular weight excluding hydrogens is 604 g/mol. The molecule has 0 radical (unpaired) electrons. The highest BCUT2D eigenvalue weighted by Crippen LogP contribution is 2.35. The van der Waals surface area contributed by atoms with Gasteiger partial charge in [0.1, 0.15) is 0 Å². The molecule has 5 aromatic rings. The normalized spacial score (nSPS) is 14.7. The molecule has 6 rings (SSSR count). The molecule has 1 aliphatic rings. The number of esters is 1. The van der Waals surface area contributed by atoms with Crippen LogP contribution >= 0.6 is 22.9 Å². The van der Waals surface area contributed by atoms with E-state index in [2.05, 4.69) is 53.6 Å². The Bertz CT molecular complexity index is 2110. The number of hydrogen-bond acceptors (Lipinski definition) is 6. The standard InChI is InChI=1S/C36H33ClN4O3S/c1-6-44-35(43)31-32(24-10-8-7-9-11-24)38-36-41(33(31)25-12-14-27(37)15-13-25)34(42)30(45-36)21-26-20-22(2)40(23(26)3)29-18-16-28(17-19-29)39(4)5/h7-21,33H,6H2,1-5H3/b30-21+/t33-/m1/s1. The van der Waals surface area contributed by atoms with Crippen molar-refractivity contribution < 1.29 is 9.53 Å². The van der Waals surface area contributed by atoms with Gasteiger partial charge in [0.15, 0.2) is 4.80 Å². The van der Waals surface area contributed by atoms with Crippen LogP contribution in [-0.4, -0.2) is 35.8 Å². The highest BCUT2D eigenvalue weighted by molar-refractivity contribution is 7.07. The van der Waals surface area contributed by atoms with Gasteiger partial charge in [0.2, 0.25) is 0 Å². The maximum absolute atomic E-state index is 14.3. The summed E-state index contributed by atoms with van der Waals surface area (Å²) in [5, 5.41) is 0.558. The van der Waals surface area contributed by atoms with Gasteiger partial charge in [-0.15, -0.1) is 0 Å². The van der Waals surface area contributed by atoms with E-state index >= 15 is 0 Å². The highest BCUT2D eigenvalue weighted by atomic mass is 35.5. The van der Waals surface area contributed by atoms with Crippen LogP contribution in [0.3, 0.4) is 0 Å². The molecule has 0 saturated heterocycles. The lowest BCUT2D eigenvalue weighted by atomic mass is 9.93. The molecular formula is C36H33ClN4O3S. The van der Waals surface area contributed by atoms with Crippen molar-refractivity contribution in [3.05, 3.63) is 143 Å². The summed E-state index contributed by atoms with van der Waals surface area (Å²) in [6, 6.07) is 26.4. The Hall–Kier alpha value is -4.66. The zero-order chi connectivity index (χ0) is 31.8. The Labute approximate surface area is 270 Å². The molecule has 0 N–H and O–H groups in total. The molecule has 0 spiro atoms. The third-order valence-electron chi connectivity index (χ3n) is 7.94. The second-order valence-electron chi connectivity index (χ2n) is 11.1. The van der Waals surface area contributed by atoms with Crippen molar-refractivity contribution in [3.63, 3.8) is 0 Å². The second kappa shape index (κ2) is 12.4. The summed E-state index contributed by atoms with van der Waals surface area (Å²) in [6.07, 6.45) is 1.92. The van der Waals surface area contributed by atoms with Crippen molar-refractivity contribution in [1.82, 2.24) is 9.13 Å². The lowest BCUT2D eigenvalue weighted by Gasteiger charge is -2.25. The lowest BCUT2D eigenvalue weighted by Crippen LogP contribution is -2.40. The summed E-state index contributed by atoms with van der Waals surface area (Å²) in [5.41, 5.74) is 7.24. The summed E-state index contributed by atoms with van der Waals surface area (Å²) in [6.45, 7) is 6.07. The van der Waals surface area contributed by atoms with E-state index in [9.17, 15) is 9.59 Å². The predicted molar refractivity (Wildman–Crippen MR) is 182 cm³/mol. The summed E-state index contributed by atoms with van der Waals surface area (Å²) < 4.78 is 9.87. The average Bonchev–Trinajstić information content (AvgIpc) is 3.50. The summed E-state index contributed by atoms with van der Waals surface area (Å²) in [5.74, 6) is -0.516. The van der Waals surface area contributed by atoms with Gasteiger partial charge in [0, 0.05) is 47.4 Å². The van der Waals surface area contributed by atoms with Gasteiger partial charge in [0.25, 0.3) is 5.56 Å². The first-order valence-corrected chi connectivity index (χ1v) is 15.9. The first-order chi connectivity index (χ1) is 21.7. The molecule has 0 saturated carbocycles. The molecule has 0 unspecified atom stereocenters. The number of hydrogen-bond donors (Lipinski definition) is 0. The van der Waals surface area contributed by atoms with Crippen molar-refractivity contribution in [1.29, 1.82) is 0 Å². The molecule has 0 fully saturated rings. The Kier molecular flexibility index (Phi) is 8.36. The molecule has 0 amide bonds. The summed E-state index contributed by atoms with van der Waals surface area (Å²) in [4.78, 5) is 35.4. The summed E-state index contributed by atoms with van der Waals surface area (Å²) >= 11 is 7.56. The van der Waals surface area contributed by atoms with Crippen LogP contribution in [0.1, 0.15) is 41.0 Å². The number of fused-ring (bicyclic) bond motifs is 1. The zero-order valence-electron chi connectivity index (χ0n) is 25.7. The van der Waals surface area contributed by atoms with E-state index in [0.29, 0.717) is 25.6 Å². The maximum atomic E-state index is 14.3. The van der Waals surface area contributed by atoms with E-state index in [1.54, 1.807) is 23.6 Å². The SMILES string of the molecule is CCOC(=O)C1=C(c2ccccc2)N=c2s/c(=C/c3cc(C)n(-c4ccc(N(C)C)cc4)c3C)c(=O)n2[C@@H]1c1ccc(Cl)cc1. The molecule has 3 heterocycles. The molecule has 0 bridgehead atoms. The fraction of sp³-hybridized carbons (Fsp3) is 0.194. The number of aryl methyl sites for hydroxylation is 1. The molecule has 2 aromatic heterocycles. The van der Waals surface area contributed by atoms with Crippen molar-refractivity contribution in [2.24, 2.45) is 4.99 Å². The number of carbonyl (C=O) groups excluding carboxylic acids is 1. The minimum Gasteiger partial charge on any atom is -0.463 e. The topological polar surface area (TPSA) is 68.8 Å². The van der Waals surface area contributed by atoms with Gasteiger partial charge in [-0.3, -0.25) is 9.36 Å². The maximum Gasteiger partial charge on any atom is 0.338 e. The second-order valence-corrected chi connectivity index (χ2v) is 12.5. The van der Waals surface area contributed by atoms with Crippen LogP contribution in [0.5, 0.6) is 0 Å². The number of rotatable bonds is 7. The minimum absolute atomic E-state index is 0.190. The Morgan fingerprint density at radius 2 is 1.71 bits per heavy atom. The Balaban J connectivity index is 1.56. The number of aromatic nitrogens is 2. The number of carbonyl (C=O) groups is 1. The monoisotopic (exact) mass is 636 g/mol. The number of halogens is 1. The van der Waals surface area contributed by atoms with Crippen LogP contribution in [0.4, 0.5) is 5.69 Å². The van der Waals surface area contributed by atoms with E-state index in [0.717, 1.165) is 39.5 Å². The van der Waals surface area contributed by atoms with Gasteiger partial charge >= 0.3 is 5.97 Å². The first-order valence-electron chi connectivity index (χ1n) is 14.7. The molecule has 228 valence electrons. The summed E-state index contributed by atoms with van der Waals surface area (Å²) in [7, 11) is 4.04. The largest absolute Gasteiger partial charge is 0.463 e. The molecule has 45 heavy (non-hydrogen) atoms.